The van der Waals surface area contributed by atoms with Crippen LogP contribution < -0.4 is 10.6 Å². The number of aliphatic imine (C=N–C) groups is 1. The molecule has 22 heavy (non-hydrogen) atoms. The van der Waals surface area contributed by atoms with E-state index < -0.39 is 0 Å². The molecular weight excluding hydrogens is 391 g/mol. The van der Waals surface area contributed by atoms with Crippen LogP contribution in [0.4, 0.5) is 0 Å². The minimum atomic E-state index is 0. The summed E-state index contributed by atoms with van der Waals surface area (Å²) in [7, 11) is 5.30. The molecule has 128 valence electrons. The van der Waals surface area contributed by atoms with E-state index in [9.17, 15) is 4.79 Å². The Morgan fingerprint density at radius 3 is 2.45 bits per heavy atom. The van der Waals surface area contributed by atoms with Gasteiger partial charge >= 0.3 is 0 Å². The largest absolute Gasteiger partial charge is 0.354 e. The summed E-state index contributed by atoms with van der Waals surface area (Å²) in [6, 6.07) is 0.505. The van der Waals surface area contributed by atoms with Gasteiger partial charge in [-0.15, -0.1) is 24.0 Å². The van der Waals surface area contributed by atoms with Crippen LogP contribution in [0.5, 0.6) is 0 Å². The molecule has 2 fully saturated rings. The van der Waals surface area contributed by atoms with Gasteiger partial charge in [0, 0.05) is 27.2 Å². The van der Waals surface area contributed by atoms with Crippen molar-refractivity contribution < 1.29 is 4.79 Å². The summed E-state index contributed by atoms with van der Waals surface area (Å²) in [4.78, 5) is 17.5. The Hall–Kier alpha value is -0.530. The fourth-order valence-electron chi connectivity index (χ4n) is 3.71. The number of amides is 1. The molecule has 2 N–H and O–H groups in total. The molecule has 5 nitrogen and oxygen atoms in total. The predicted octanol–water partition coefficient (Wildman–Crippen LogP) is 2.22. The number of hydrogen-bond acceptors (Lipinski definition) is 2. The summed E-state index contributed by atoms with van der Waals surface area (Å²) >= 11 is 0. The second-order valence-electron chi connectivity index (χ2n) is 6.67. The lowest BCUT2D eigenvalue weighted by molar-refractivity contribution is -0.127. The van der Waals surface area contributed by atoms with Crippen molar-refractivity contribution in [1.82, 2.24) is 15.5 Å². The number of nitrogens with zero attached hydrogens (tertiary/aromatic N) is 2. The molecule has 2 rings (SSSR count). The Labute approximate surface area is 151 Å². The Kier molecular flexibility index (Phi) is 8.49. The van der Waals surface area contributed by atoms with E-state index in [2.05, 4.69) is 15.6 Å². The number of carbonyl (C=O) groups excluding carboxylic acids is 1. The van der Waals surface area contributed by atoms with Gasteiger partial charge in [0.1, 0.15) is 0 Å². The van der Waals surface area contributed by atoms with Gasteiger partial charge in [0.15, 0.2) is 5.96 Å². The smallest absolute Gasteiger partial charge is 0.241 e. The Bertz CT molecular complexity index is 386. The van der Waals surface area contributed by atoms with Crippen molar-refractivity contribution >= 4 is 35.8 Å². The van der Waals surface area contributed by atoms with Gasteiger partial charge in [0.05, 0.1) is 6.54 Å². The molecule has 2 saturated carbocycles. The molecule has 3 atom stereocenters. The van der Waals surface area contributed by atoms with Gasteiger partial charge in [-0.1, -0.05) is 25.7 Å². The Morgan fingerprint density at radius 2 is 1.82 bits per heavy atom. The second-order valence-corrected chi connectivity index (χ2v) is 6.67. The maximum Gasteiger partial charge on any atom is 0.241 e. The van der Waals surface area contributed by atoms with E-state index in [4.69, 9.17) is 0 Å². The van der Waals surface area contributed by atoms with Gasteiger partial charge in [-0.25, -0.2) is 0 Å². The molecule has 0 aromatic rings. The van der Waals surface area contributed by atoms with E-state index in [0.717, 1.165) is 17.8 Å². The van der Waals surface area contributed by atoms with E-state index in [1.807, 2.05) is 0 Å². The first-order valence-electron chi connectivity index (χ1n) is 8.27. The van der Waals surface area contributed by atoms with Crippen LogP contribution >= 0.6 is 24.0 Å². The van der Waals surface area contributed by atoms with Crippen LogP contribution in [-0.4, -0.2) is 50.5 Å². The second kappa shape index (κ2) is 9.57. The number of halogens is 1. The van der Waals surface area contributed by atoms with E-state index in [1.54, 1.807) is 26.0 Å². The summed E-state index contributed by atoms with van der Waals surface area (Å²) in [6.07, 6.45) is 9.48. The van der Waals surface area contributed by atoms with E-state index in [0.29, 0.717) is 12.6 Å². The van der Waals surface area contributed by atoms with Crippen molar-refractivity contribution in [1.29, 1.82) is 0 Å². The lowest BCUT2D eigenvalue weighted by atomic mass is 9.69. The zero-order chi connectivity index (χ0) is 15.2. The van der Waals surface area contributed by atoms with Gasteiger partial charge < -0.3 is 15.5 Å². The van der Waals surface area contributed by atoms with Gasteiger partial charge in [-0.05, 0) is 31.1 Å². The number of hydrogen-bond donors (Lipinski definition) is 2. The monoisotopic (exact) mass is 422 g/mol. The summed E-state index contributed by atoms with van der Waals surface area (Å²) < 4.78 is 0. The lowest BCUT2D eigenvalue weighted by Gasteiger charge is -2.39. The molecule has 0 aromatic carbocycles. The first-order valence-corrected chi connectivity index (χ1v) is 8.27. The number of guanidine groups is 1. The molecule has 3 unspecified atom stereocenters. The highest BCUT2D eigenvalue weighted by Crippen LogP contribution is 2.40. The molecule has 0 radical (unpaired) electrons. The van der Waals surface area contributed by atoms with E-state index in [1.165, 1.54) is 44.9 Å². The van der Waals surface area contributed by atoms with Crippen LogP contribution in [0.1, 0.15) is 44.9 Å². The number of carbonyl (C=O) groups is 1. The first kappa shape index (κ1) is 19.5. The standard InChI is InChI=1S/C16H30N4O.HI/c1-17-16(18-11-15(21)20(2)3)19-14-9-8-12-6-4-5-7-13(12)10-14;/h12-14H,4-11H2,1-3H3,(H2,17,18,19);1H. The third-order valence-corrected chi connectivity index (χ3v) is 5.01. The Balaban J connectivity index is 0.00000242. The summed E-state index contributed by atoms with van der Waals surface area (Å²) in [5, 5.41) is 6.62. The first-order chi connectivity index (χ1) is 10.1. The predicted molar refractivity (Wildman–Crippen MR) is 102 cm³/mol. The number of fused-ring (bicyclic) bond motifs is 1. The van der Waals surface area contributed by atoms with Crippen molar-refractivity contribution in [2.24, 2.45) is 16.8 Å². The molecular formula is C16H31IN4O. The van der Waals surface area contributed by atoms with Crippen LogP contribution in [-0.2, 0) is 4.79 Å². The zero-order valence-corrected chi connectivity index (χ0v) is 16.4. The summed E-state index contributed by atoms with van der Waals surface area (Å²) in [6.45, 7) is 0.297. The quantitative estimate of drug-likeness (QED) is 0.417. The maximum atomic E-state index is 11.6. The third-order valence-electron chi connectivity index (χ3n) is 5.01. The fourth-order valence-corrected chi connectivity index (χ4v) is 3.71. The van der Waals surface area contributed by atoms with Crippen molar-refractivity contribution in [3.8, 4) is 0 Å². The van der Waals surface area contributed by atoms with Crippen molar-refractivity contribution in [3.05, 3.63) is 0 Å². The average molecular weight is 422 g/mol. The summed E-state index contributed by atoms with van der Waals surface area (Å²) in [5.74, 6) is 2.67. The van der Waals surface area contributed by atoms with Crippen LogP contribution in [0.25, 0.3) is 0 Å². The summed E-state index contributed by atoms with van der Waals surface area (Å²) in [5.41, 5.74) is 0. The van der Waals surface area contributed by atoms with Crippen molar-refractivity contribution in [2.75, 3.05) is 27.7 Å². The van der Waals surface area contributed by atoms with Crippen LogP contribution in [0.2, 0.25) is 0 Å². The third kappa shape index (κ3) is 5.59. The minimum absolute atomic E-state index is 0. The van der Waals surface area contributed by atoms with Crippen LogP contribution in [0.3, 0.4) is 0 Å². The zero-order valence-electron chi connectivity index (χ0n) is 14.1. The maximum absolute atomic E-state index is 11.6. The molecule has 0 spiro atoms. The minimum Gasteiger partial charge on any atom is -0.354 e. The normalized spacial score (nSPS) is 28.1. The molecule has 0 saturated heterocycles. The van der Waals surface area contributed by atoms with Gasteiger partial charge in [-0.3, -0.25) is 9.79 Å². The topological polar surface area (TPSA) is 56.7 Å². The molecule has 2 aliphatic rings. The van der Waals surface area contributed by atoms with Crippen molar-refractivity contribution in [2.45, 2.75) is 51.0 Å². The van der Waals surface area contributed by atoms with Gasteiger partial charge in [-0.2, -0.15) is 0 Å². The highest BCUT2D eigenvalue weighted by molar-refractivity contribution is 14.0. The van der Waals surface area contributed by atoms with E-state index in [-0.39, 0.29) is 29.9 Å². The average Bonchev–Trinajstić information content (AvgIpc) is 2.50. The van der Waals surface area contributed by atoms with Crippen LogP contribution in [0, 0.1) is 11.8 Å². The van der Waals surface area contributed by atoms with Gasteiger partial charge in [0.2, 0.25) is 5.91 Å². The fraction of sp³-hybridized carbons (Fsp3) is 0.875. The molecule has 6 heteroatoms. The highest BCUT2D eigenvalue weighted by Gasteiger charge is 2.32. The molecule has 0 aliphatic heterocycles. The molecule has 0 heterocycles. The molecule has 2 aliphatic carbocycles. The number of likely N-dealkylation sites (N-methyl/N-ethyl adjacent to an activating group) is 1. The highest BCUT2D eigenvalue weighted by atomic mass is 127. The SMILES string of the molecule is CN=C(NCC(=O)N(C)C)NC1CCC2CCCCC2C1.I. The van der Waals surface area contributed by atoms with Crippen LogP contribution in [0.15, 0.2) is 4.99 Å². The lowest BCUT2D eigenvalue weighted by Crippen LogP contribution is -2.48. The van der Waals surface area contributed by atoms with Gasteiger partial charge in [0.25, 0.3) is 0 Å². The molecule has 0 bridgehead atoms. The molecule has 0 aromatic heterocycles. The number of rotatable bonds is 3. The number of nitrogens with one attached hydrogen (secondary N) is 2. The van der Waals surface area contributed by atoms with E-state index >= 15 is 0 Å². The van der Waals surface area contributed by atoms with Crippen molar-refractivity contribution in [3.63, 3.8) is 0 Å². The Morgan fingerprint density at radius 1 is 1.14 bits per heavy atom. The molecule has 1 amide bonds.